The van der Waals surface area contributed by atoms with Gasteiger partial charge in [0.1, 0.15) is 5.76 Å². The zero-order chi connectivity index (χ0) is 14.8. The first kappa shape index (κ1) is 14.4. The van der Waals surface area contributed by atoms with Crippen molar-refractivity contribution in [1.82, 2.24) is 0 Å². The standard InChI is InChI=1S/C15H17NO3S/c1-16(2)13-7-4-12(5-8-13)6-9-14-10-11-15(19-14)20(3,17)18/h4-11H,1-3H3/b9-6+. The van der Waals surface area contributed by atoms with Crippen LogP contribution >= 0.6 is 0 Å². The average molecular weight is 291 g/mol. The smallest absolute Gasteiger partial charge is 0.218 e. The predicted octanol–water partition coefficient (Wildman–Crippen LogP) is 2.92. The summed E-state index contributed by atoms with van der Waals surface area (Å²) in [6, 6.07) is 11.1. The van der Waals surface area contributed by atoms with Crippen molar-refractivity contribution >= 4 is 27.7 Å². The summed E-state index contributed by atoms with van der Waals surface area (Å²) < 4.78 is 27.8. The molecule has 1 aromatic heterocycles. The van der Waals surface area contributed by atoms with Crippen molar-refractivity contribution in [1.29, 1.82) is 0 Å². The van der Waals surface area contributed by atoms with E-state index < -0.39 is 9.84 Å². The van der Waals surface area contributed by atoms with Gasteiger partial charge in [-0.15, -0.1) is 0 Å². The van der Waals surface area contributed by atoms with E-state index in [1.807, 2.05) is 49.3 Å². The van der Waals surface area contributed by atoms with Crippen molar-refractivity contribution in [2.75, 3.05) is 25.3 Å². The predicted molar refractivity (Wildman–Crippen MR) is 81.5 cm³/mol. The highest BCUT2D eigenvalue weighted by atomic mass is 32.2. The summed E-state index contributed by atoms with van der Waals surface area (Å²) in [6.07, 6.45) is 4.75. The minimum absolute atomic E-state index is 0.0138. The number of hydrogen-bond acceptors (Lipinski definition) is 4. The van der Waals surface area contributed by atoms with Crippen molar-refractivity contribution in [2.45, 2.75) is 5.09 Å². The van der Waals surface area contributed by atoms with Crippen molar-refractivity contribution in [2.24, 2.45) is 0 Å². The van der Waals surface area contributed by atoms with Gasteiger partial charge in [0.05, 0.1) is 0 Å². The van der Waals surface area contributed by atoms with Crippen LogP contribution in [0.2, 0.25) is 0 Å². The molecule has 0 bridgehead atoms. The normalized spacial score (nSPS) is 11.9. The van der Waals surface area contributed by atoms with Gasteiger partial charge in [-0.2, -0.15) is 0 Å². The average Bonchev–Trinajstić information content (AvgIpc) is 2.85. The van der Waals surface area contributed by atoms with E-state index >= 15 is 0 Å². The molecule has 0 saturated carbocycles. The molecular formula is C15H17NO3S. The number of sulfone groups is 1. The van der Waals surface area contributed by atoms with Crippen LogP contribution in [0, 0.1) is 0 Å². The number of rotatable bonds is 4. The Labute approximate surface area is 119 Å². The first-order chi connectivity index (χ1) is 9.36. The molecule has 5 heteroatoms. The van der Waals surface area contributed by atoms with Crippen molar-refractivity contribution in [3.63, 3.8) is 0 Å². The lowest BCUT2D eigenvalue weighted by molar-refractivity contribution is 0.445. The van der Waals surface area contributed by atoms with Crippen LogP contribution < -0.4 is 4.90 Å². The molecule has 0 N–H and O–H groups in total. The van der Waals surface area contributed by atoms with Crippen molar-refractivity contribution in [3.05, 3.63) is 47.7 Å². The monoisotopic (exact) mass is 291 g/mol. The van der Waals surface area contributed by atoms with E-state index in [0.29, 0.717) is 5.76 Å². The van der Waals surface area contributed by atoms with Gasteiger partial charge in [-0.1, -0.05) is 18.2 Å². The molecule has 0 radical (unpaired) electrons. The maximum absolute atomic E-state index is 11.3. The number of furan rings is 1. The maximum atomic E-state index is 11.3. The molecule has 0 atom stereocenters. The number of hydrogen-bond donors (Lipinski definition) is 0. The molecule has 2 rings (SSSR count). The summed E-state index contributed by atoms with van der Waals surface area (Å²) in [5, 5.41) is -0.0138. The van der Waals surface area contributed by atoms with Gasteiger partial charge in [-0.3, -0.25) is 0 Å². The Hall–Kier alpha value is -2.01. The lowest BCUT2D eigenvalue weighted by atomic mass is 10.2. The first-order valence-corrected chi connectivity index (χ1v) is 8.01. The molecule has 2 aromatic rings. The Morgan fingerprint density at radius 2 is 1.65 bits per heavy atom. The largest absolute Gasteiger partial charge is 0.445 e. The number of anilines is 1. The zero-order valence-electron chi connectivity index (χ0n) is 11.7. The molecule has 0 amide bonds. The van der Waals surface area contributed by atoms with E-state index in [0.717, 1.165) is 17.5 Å². The molecule has 0 aliphatic rings. The van der Waals surface area contributed by atoms with Gasteiger partial charge in [0, 0.05) is 26.0 Å². The van der Waals surface area contributed by atoms with Crippen molar-refractivity contribution in [3.8, 4) is 0 Å². The second-order valence-electron chi connectivity index (χ2n) is 4.75. The van der Waals surface area contributed by atoms with E-state index in [1.165, 1.54) is 6.07 Å². The fourth-order valence-electron chi connectivity index (χ4n) is 1.69. The van der Waals surface area contributed by atoms with Gasteiger partial charge < -0.3 is 9.32 Å². The van der Waals surface area contributed by atoms with Gasteiger partial charge in [0.15, 0.2) is 0 Å². The Morgan fingerprint density at radius 1 is 1.00 bits per heavy atom. The Morgan fingerprint density at radius 3 is 2.15 bits per heavy atom. The third-order valence-electron chi connectivity index (χ3n) is 2.82. The SMILES string of the molecule is CN(C)c1ccc(/C=C/c2ccc(S(C)(=O)=O)o2)cc1. The Bertz CT molecular complexity index is 710. The molecule has 0 unspecified atom stereocenters. The lowest BCUT2D eigenvalue weighted by Gasteiger charge is -2.11. The maximum Gasteiger partial charge on any atom is 0.218 e. The molecule has 20 heavy (non-hydrogen) atoms. The molecule has 1 heterocycles. The number of benzene rings is 1. The summed E-state index contributed by atoms with van der Waals surface area (Å²) >= 11 is 0. The van der Waals surface area contributed by atoms with Crippen LogP contribution in [0.3, 0.4) is 0 Å². The quantitative estimate of drug-likeness (QED) is 0.869. The number of nitrogens with zero attached hydrogens (tertiary/aromatic N) is 1. The van der Waals surface area contributed by atoms with Crippen LogP contribution in [0.5, 0.6) is 0 Å². The zero-order valence-corrected chi connectivity index (χ0v) is 12.5. The van der Waals surface area contributed by atoms with Gasteiger partial charge in [0.2, 0.25) is 14.9 Å². The fourth-order valence-corrected chi connectivity index (χ4v) is 2.25. The van der Waals surface area contributed by atoms with Crippen LogP contribution in [0.4, 0.5) is 5.69 Å². The van der Waals surface area contributed by atoms with E-state index in [1.54, 1.807) is 12.1 Å². The summed E-state index contributed by atoms with van der Waals surface area (Å²) in [4.78, 5) is 2.03. The molecule has 4 nitrogen and oxygen atoms in total. The van der Waals surface area contributed by atoms with E-state index in [2.05, 4.69) is 0 Å². The van der Waals surface area contributed by atoms with Crippen molar-refractivity contribution < 1.29 is 12.8 Å². The minimum atomic E-state index is -3.29. The van der Waals surface area contributed by atoms with Crippen LogP contribution in [0.15, 0.2) is 45.9 Å². The third-order valence-corrected chi connectivity index (χ3v) is 3.77. The molecule has 0 aliphatic carbocycles. The molecule has 0 saturated heterocycles. The summed E-state index contributed by atoms with van der Waals surface area (Å²) in [5.41, 5.74) is 2.15. The fraction of sp³-hybridized carbons (Fsp3) is 0.200. The molecule has 106 valence electrons. The topological polar surface area (TPSA) is 50.5 Å². The van der Waals surface area contributed by atoms with Gasteiger partial charge in [-0.25, -0.2) is 8.42 Å². The first-order valence-electron chi connectivity index (χ1n) is 6.11. The highest BCUT2D eigenvalue weighted by molar-refractivity contribution is 7.90. The van der Waals surface area contributed by atoms with Crippen LogP contribution in [0.1, 0.15) is 11.3 Å². The molecule has 1 aromatic carbocycles. The van der Waals surface area contributed by atoms with E-state index in [4.69, 9.17) is 4.42 Å². The van der Waals surface area contributed by atoms with Gasteiger partial charge in [0.25, 0.3) is 0 Å². The Kier molecular flexibility index (Phi) is 3.99. The molecular weight excluding hydrogens is 274 g/mol. The molecule has 0 fully saturated rings. The highest BCUT2D eigenvalue weighted by Gasteiger charge is 2.11. The van der Waals surface area contributed by atoms with Crippen LogP contribution in [-0.2, 0) is 9.84 Å². The van der Waals surface area contributed by atoms with E-state index in [9.17, 15) is 8.42 Å². The molecule has 0 aliphatic heterocycles. The van der Waals surface area contributed by atoms with Crippen LogP contribution in [0.25, 0.3) is 12.2 Å². The summed E-state index contributed by atoms with van der Waals surface area (Å²) in [5.74, 6) is 0.516. The molecule has 0 spiro atoms. The minimum Gasteiger partial charge on any atom is -0.445 e. The summed E-state index contributed by atoms with van der Waals surface area (Å²) in [7, 11) is 0.687. The van der Waals surface area contributed by atoms with Gasteiger partial charge in [-0.05, 0) is 35.9 Å². The lowest BCUT2D eigenvalue weighted by Crippen LogP contribution is -2.07. The second kappa shape index (κ2) is 5.54. The van der Waals surface area contributed by atoms with Gasteiger partial charge >= 0.3 is 0 Å². The third kappa shape index (κ3) is 3.51. The van der Waals surface area contributed by atoms with Crippen LogP contribution in [-0.4, -0.2) is 28.8 Å². The Balaban J connectivity index is 2.15. The highest BCUT2D eigenvalue weighted by Crippen LogP contribution is 2.17. The summed E-state index contributed by atoms with van der Waals surface area (Å²) in [6.45, 7) is 0. The second-order valence-corrected chi connectivity index (χ2v) is 6.69. The van der Waals surface area contributed by atoms with E-state index in [-0.39, 0.29) is 5.09 Å².